The first kappa shape index (κ1) is 32.4. The second-order valence-electron chi connectivity index (χ2n) is 15.0. The molecule has 4 atom stereocenters. The first-order valence-corrected chi connectivity index (χ1v) is 17.7. The molecular formula is C37H42ClFN6O4. The lowest BCUT2D eigenvalue weighted by atomic mass is 9.95. The van der Waals surface area contributed by atoms with Crippen LogP contribution in [0.5, 0.6) is 6.01 Å². The maximum absolute atomic E-state index is 16.9. The zero-order chi connectivity index (χ0) is 34.1. The van der Waals surface area contributed by atoms with E-state index in [4.69, 9.17) is 31.0 Å². The number of ether oxygens (including phenoxy) is 2. The van der Waals surface area contributed by atoms with E-state index in [9.17, 15) is 9.90 Å². The standard InChI is InChI=1S/C37H42ClFN6O4/c1-36(2,3)49-35(47)45-23-11-12-24(45)19-43(18-23)33-27-17-40-31(26-9-4-7-22-8-5-10-28(38)29(22)26)30(39)32(27)41-34(42-33)48-21-37-14-6-16-44(37)25(20-46)13-15-37/h4-5,7-10,17,23-25,46H,6,11-16,18-21H2,1-3H3/t23?,24?,25-,37-/m1/s1. The number of piperazine rings is 1. The van der Waals surface area contributed by atoms with Gasteiger partial charge in [-0.3, -0.25) is 14.8 Å². The van der Waals surface area contributed by atoms with Crippen LogP contribution >= 0.6 is 11.6 Å². The van der Waals surface area contributed by atoms with Crippen molar-refractivity contribution in [3.8, 4) is 17.3 Å². The minimum atomic E-state index is -0.594. The highest BCUT2D eigenvalue weighted by molar-refractivity contribution is 6.36. The van der Waals surface area contributed by atoms with E-state index < -0.39 is 11.4 Å². The summed E-state index contributed by atoms with van der Waals surface area (Å²) in [7, 11) is 0. The molecule has 1 amide bonds. The van der Waals surface area contributed by atoms with Gasteiger partial charge in [0.05, 0.1) is 29.6 Å². The highest BCUT2D eigenvalue weighted by Crippen LogP contribution is 2.43. The molecule has 0 radical (unpaired) electrons. The van der Waals surface area contributed by atoms with Gasteiger partial charge in [0, 0.05) is 41.3 Å². The number of aliphatic hydroxyl groups is 1. The summed E-state index contributed by atoms with van der Waals surface area (Å²) in [5.41, 5.74) is 0.0555. The predicted molar refractivity (Wildman–Crippen MR) is 187 cm³/mol. The van der Waals surface area contributed by atoms with Gasteiger partial charge >= 0.3 is 12.1 Å². The number of fused-ring (bicyclic) bond motifs is 5. The first-order valence-electron chi connectivity index (χ1n) is 17.4. The van der Waals surface area contributed by atoms with Crippen molar-refractivity contribution in [2.24, 2.45) is 0 Å². The van der Waals surface area contributed by atoms with Crippen molar-refractivity contribution in [3.63, 3.8) is 0 Å². The van der Waals surface area contributed by atoms with Crippen LogP contribution in [0.1, 0.15) is 59.3 Å². The van der Waals surface area contributed by atoms with Gasteiger partial charge < -0.3 is 19.5 Å². The molecule has 0 aliphatic carbocycles. The minimum absolute atomic E-state index is 0.0715. The highest BCUT2D eigenvalue weighted by atomic mass is 35.5. The lowest BCUT2D eigenvalue weighted by Crippen LogP contribution is -2.57. The number of rotatable bonds is 6. The molecule has 8 rings (SSSR count). The molecule has 4 aliphatic rings. The van der Waals surface area contributed by atoms with Gasteiger partial charge in [0.15, 0.2) is 5.82 Å². The smallest absolute Gasteiger partial charge is 0.410 e. The fourth-order valence-electron chi connectivity index (χ4n) is 8.70. The Labute approximate surface area is 290 Å². The molecule has 4 saturated heterocycles. The van der Waals surface area contributed by atoms with E-state index in [0.29, 0.717) is 41.5 Å². The van der Waals surface area contributed by atoms with Crippen molar-refractivity contribution in [1.29, 1.82) is 0 Å². The summed E-state index contributed by atoms with van der Waals surface area (Å²) >= 11 is 6.65. The van der Waals surface area contributed by atoms with Crippen LogP contribution < -0.4 is 9.64 Å². The van der Waals surface area contributed by atoms with Gasteiger partial charge in [-0.15, -0.1) is 0 Å². The highest BCUT2D eigenvalue weighted by Gasteiger charge is 2.50. The van der Waals surface area contributed by atoms with Crippen LogP contribution in [-0.4, -0.2) is 98.1 Å². The van der Waals surface area contributed by atoms with Crippen LogP contribution in [0.15, 0.2) is 42.6 Å². The summed E-state index contributed by atoms with van der Waals surface area (Å²) < 4.78 is 29.1. The van der Waals surface area contributed by atoms with E-state index in [1.807, 2.05) is 56.0 Å². The van der Waals surface area contributed by atoms with Crippen molar-refractivity contribution >= 4 is 45.2 Å². The summed E-state index contributed by atoms with van der Waals surface area (Å²) in [6.45, 7) is 8.04. The fraction of sp³-hybridized carbons (Fsp3) is 0.514. The van der Waals surface area contributed by atoms with Crippen molar-refractivity contribution in [3.05, 3.63) is 53.4 Å². The second-order valence-corrected chi connectivity index (χ2v) is 15.4. The zero-order valence-electron chi connectivity index (χ0n) is 28.2. The Morgan fingerprint density at radius 1 is 1.08 bits per heavy atom. The first-order chi connectivity index (χ1) is 23.5. The summed E-state index contributed by atoms with van der Waals surface area (Å²) in [4.78, 5) is 33.9. The van der Waals surface area contributed by atoms with Gasteiger partial charge in [0.1, 0.15) is 29.2 Å². The van der Waals surface area contributed by atoms with Gasteiger partial charge in [-0.1, -0.05) is 41.9 Å². The molecular weight excluding hydrogens is 647 g/mol. The van der Waals surface area contributed by atoms with Crippen molar-refractivity contribution < 1.29 is 23.8 Å². The number of nitrogens with zero attached hydrogens (tertiary/aromatic N) is 6. The van der Waals surface area contributed by atoms with E-state index in [2.05, 4.69) is 14.8 Å². The molecule has 2 unspecified atom stereocenters. The van der Waals surface area contributed by atoms with Crippen molar-refractivity contribution in [1.82, 2.24) is 24.8 Å². The van der Waals surface area contributed by atoms with E-state index >= 15 is 4.39 Å². The largest absolute Gasteiger partial charge is 0.461 e. The number of carbonyl (C=O) groups is 1. The predicted octanol–water partition coefficient (Wildman–Crippen LogP) is 6.59. The Bertz CT molecular complexity index is 1920. The number of benzene rings is 2. The number of pyridine rings is 1. The van der Waals surface area contributed by atoms with E-state index in [0.717, 1.165) is 55.8 Å². The molecule has 12 heteroatoms. The molecule has 0 spiro atoms. The van der Waals surface area contributed by atoms with Crippen LogP contribution in [0.25, 0.3) is 32.9 Å². The maximum atomic E-state index is 16.9. The summed E-state index contributed by atoms with van der Waals surface area (Å²) in [5, 5.41) is 12.6. The van der Waals surface area contributed by atoms with Crippen LogP contribution in [0.4, 0.5) is 15.0 Å². The molecule has 6 heterocycles. The molecule has 0 saturated carbocycles. The number of carbonyl (C=O) groups excluding carboxylic acids is 1. The third-order valence-corrected chi connectivity index (χ3v) is 11.2. The zero-order valence-corrected chi connectivity index (χ0v) is 28.9. The Morgan fingerprint density at radius 2 is 1.84 bits per heavy atom. The number of amides is 1. The Kier molecular flexibility index (Phi) is 8.07. The Balaban J connectivity index is 1.19. The lowest BCUT2D eigenvalue weighted by Gasteiger charge is -2.42. The molecule has 2 aromatic carbocycles. The monoisotopic (exact) mass is 688 g/mol. The molecule has 1 N–H and O–H groups in total. The Morgan fingerprint density at radius 3 is 2.57 bits per heavy atom. The third-order valence-electron chi connectivity index (χ3n) is 10.9. The number of hydrogen-bond donors (Lipinski definition) is 1. The SMILES string of the molecule is CC(C)(C)OC(=O)N1C2CCC1CN(c1nc(OC[C@]34CCCN3[C@@H](CO)CC4)nc3c(F)c(-c4cccc5cccc(Cl)c45)ncc13)C2. The molecule has 4 fully saturated rings. The summed E-state index contributed by atoms with van der Waals surface area (Å²) in [6, 6.07) is 11.3. The van der Waals surface area contributed by atoms with Crippen LogP contribution in [0, 0.1) is 5.82 Å². The van der Waals surface area contributed by atoms with Crippen LogP contribution in [0.2, 0.25) is 5.02 Å². The molecule has 10 nitrogen and oxygen atoms in total. The third kappa shape index (κ3) is 5.63. The molecule has 4 aliphatic heterocycles. The molecule has 49 heavy (non-hydrogen) atoms. The average molecular weight is 689 g/mol. The summed E-state index contributed by atoms with van der Waals surface area (Å²) in [5.74, 6) is -0.0364. The number of aromatic nitrogens is 3. The minimum Gasteiger partial charge on any atom is -0.461 e. The maximum Gasteiger partial charge on any atom is 0.410 e. The molecule has 4 aromatic rings. The van der Waals surface area contributed by atoms with Gasteiger partial charge in [0.25, 0.3) is 0 Å². The average Bonchev–Trinajstić information content (AvgIpc) is 3.72. The van der Waals surface area contributed by atoms with Gasteiger partial charge in [-0.25, -0.2) is 9.18 Å². The number of aliphatic hydroxyl groups excluding tert-OH is 1. The number of hydrogen-bond acceptors (Lipinski definition) is 9. The van der Waals surface area contributed by atoms with Gasteiger partial charge in [-0.05, 0) is 77.3 Å². The van der Waals surface area contributed by atoms with Gasteiger partial charge in [-0.2, -0.15) is 9.97 Å². The quantitative estimate of drug-likeness (QED) is 0.240. The molecule has 258 valence electrons. The Hall–Kier alpha value is -3.80. The van der Waals surface area contributed by atoms with E-state index in [1.54, 1.807) is 12.3 Å². The van der Waals surface area contributed by atoms with Crippen molar-refractivity contribution in [2.75, 3.05) is 37.7 Å². The van der Waals surface area contributed by atoms with Crippen LogP contribution in [-0.2, 0) is 4.74 Å². The number of halogens is 2. The molecule has 2 aromatic heterocycles. The van der Waals surface area contributed by atoms with Gasteiger partial charge in [0.2, 0.25) is 0 Å². The number of anilines is 1. The second kappa shape index (κ2) is 12.2. The van der Waals surface area contributed by atoms with Crippen LogP contribution in [0.3, 0.4) is 0 Å². The van der Waals surface area contributed by atoms with Crippen molar-refractivity contribution in [2.45, 2.75) is 88.6 Å². The van der Waals surface area contributed by atoms with E-state index in [-0.39, 0.29) is 53.6 Å². The fourth-order valence-corrected chi connectivity index (χ4v) is 8.98. The van der Waals surface area contributed by atoms with E-state index in [1.165, 1.54) is 0 Å². The topological polar surface area (TPSA) is 104 Å². The molecule has 2 bridgehead atoms. The normalized spacial score (nSPS) is 25.4. The summed E-state index contributed by atoms with van der Waals surface area (Å²) in [6.07, 6.45) is 6.84. The lowest BCUT2D eigenvalue weighted by molar-refractivity contribution is 0.0122.